The van der Waals surface area contributed by atoms with Crippen LogP contribution in [0, 0.1) is 0 Å². The van der Waals surface area contributed by atoms with Crippen molar-refractivity contribution in [3.8, 4) is 0 Å². The average molecular weight is 339 g/mol. The summed E-state index contributed by atoms with van der Waals surface area (Å²) >= 11 is 0. The highest BCUT2D eigenvalue weighted by Gasteiger charge is 2.10. The van der Waals surface area contributed by atoms with E-state index < -0.39 is 17.9 Å². The van der Waals surface area contributed by atoms with Crippen LogP contribution in [0.2, 0.25) is 0 Å². The third-order valence-corrected chi connectivity index (χ3v) is 2.80. The van der Waals surface area contributed by atoms with E-state index >= 15 is 0 Å². The van der Waals surface area contributed by atoms with Crippen molar-refractivity contribution in [3.05, 3.63) is 37.0 Å². The molecule has 0 aromatic rings. The third-order valence-electron chi connectivity index (χ3n) is 2.80. The van der Waals surface area contributed by atoms with E-state index in [1.54, 1.807) is 13.8 Å². The van der Waals surface area contributed by atoms with E-state index in [1.807, 2.05) is 4.90 Å². The van der Waals surface area contributed by atoms with Gasteiger partial charge in [-0.05, 0) is 13.8 Å². The van der Waals surface area contributed by atoms with Crippen LogP contribution >= 0.6 is 0 Å². The standard InChI is InChI=1S/C17H25NO6/c1-6-15(19)22-10-7-18(8-11-23-16(20)13(2)3)9-12-24-17(21)14(4)5/h6H,1-2,4,7-12H2,3,5H3. The molecule has 0 bridgehead atoms. The maximum atomic E-state index is 11.3. The molecule has 0 saturated heterocycles. The molecule has 0 atom stereocenters. The smallest absolute Gasteiger partial charge is 0.333 e. The van der Waals surface area contributed by atoms with Crippen LogP contribution < -0.4 is 0 Å². The number of hydrogen-bond donors (Lipinski definition) is 0. The molecule has 0 heterocycles. The Hall–Kier alpha value is -2.41. The summed E-state index contributed by atoms with van der Waals surface area (Å²) in [6.07, 6.45) is 1.08. The van der Waals surface area contributed by atoms with Gasteiger partial charge in [-0.1, -0.05) is 19.7 Å². The maximum absolute atomic E-state index is 11.3. The molecular weight excluding hydrogens is 314 g/mol. The number of nitrogens with zero attached hydrogens (tertiary/aromatic N) is 1. The van der Waals surface area contributed by atoms with E-state index in [4.69, 9.17) is 14.2 Å². The van der Waals surface area contributed by atoms with E-state index in [2.05, 4.69) is 19.7 Å². The summed E-state index contributed by atoms with van der Waals surface area (Å²) in [5.74, 6) is -1.46. The second-order valence-electron chi connectivity index (χ2n) is 5.05. The van der Waals surface area contributed by atoms with E-state index in [0.29, 0.717) is 30.8 Å². The lowest BCUT2D eigenvalue weighted by atomic mass is 10.3. The van der Waals surface area contributed by atoms with Gasteiger partial charge in [-0.3, -0.25) is 4.90 Å². The van der Waals surface area contributed by atoms with Gasteiger partial charge < -0.3 is 14.2 Å². The lowest BCUT2D eigenvalue weighted by molar-refractivity contribution is -0.139. The van der Waals surface area contributed by atoms with Gasteiger partial charge in [0.15, 0.2) is 0 Å². The van der Waals surface area contributed by atoms with E-state index in [1.165, 1.54) is 0 Å². The quantitative estimate of drug-likeness (QED) is 0.301. The lowest BCUT2D eigenvalue weighted by Gasteiger charge is -2.21. The molecule has 0 amide bonds. The fourth-order valence-corrected chi connectivity index (χ4v) is 1.45. The Morgan fingerprint density at radius 2 is 1.21 bits per heavy atom. The van der Waals surface area contributed by atoms with Crippen LogP contribution in [0.3, 0.4) is 0 Å². The number of esters is 3. The maximum Gasteiger partial charge on any atom is 0.333 e. The fraction of sp³-hybridized carbons (Fsp3) is 0.471. The van der Waals surface area contributed by atoms with Crippen LogP contribution in [0.5, 0.6) is 0 Å². The van der Waals surface area contributed by atoms with Crippen LogP contribution in [0.25, 0.3) is 0 Å². The SMILES string of the molecule is C=CC(=O)OCCN(CCOC(=O)C(=C)C)CCOC(=O)C(=C)C. The number of rotatable bonds is 12. The normalized spacial score (nSPS) is 9.96. The predicted molar refractivity (Wildman–Crippen MR) is 89.1 cm³/mol. The molecule has 0 rings (SSSR count). The first-order chi connectivity index (χ1) is 11.3. The van der Waals surface area contributed by atoms with Crippen molar-refractivity contribution in [1.82, 2.24) is 4.90 Å². The molecule has 0 fully saturated rings. The summed E-state index contributed by atoms with van der Waals surface area (Å²) in [5, 5.41) is 0. The molecule has 0 aromatic carbocycles. The van der Waals surface area contributed by atoms with E-state index in [9.17, 15) is 14.4 Å². The van der Waals surface area contributed by atoms with Crippen molar-refractivity contribution in [2.75, 3.05) is 39.5 Å². The number of carbonyl (C=O) groups is 3. The molecule has 0 N–H and O–H groups in total. The van der Waals surface area contributed by atoms with Crippen LogP contribution in [0.15, 0.2) is 37.0 Å². The molecular formula is C17H25NO6. The lowest BCUT2D eigenvalue weighted by Crippen LogP contribution is -2.35. The van der Waals surface area contributed by atoms with Gasteiger partial charge in [-0.2, -0.15) is 0 Å². The molecule has 0 saturated carbocycles. The van der Waals surface area contributed by atoms with Gasteiger partial charge in [-0.25, -0.2) is 14.4 Å². The number of hydrogen-bond acceptors (Lipinski definition) is 7. The van der Waals surface area contributed by atoms with Crippen LogP contribution in [-0.2, 0) is 28.6 Å². The molecule has 0 aromatic heterocycles. The van der Waals surface area contributed by atoms with E-state index in [0.717, 1.165) is 6.08 Å². The summed E-state index contributed by atoms with van der Waals surface area (Å²) in [5.41, 5.74) is 0.633. The monoisotopic (exact) mass is 339 g/mol. The zero-order valence-corrected chi connectivity index (χ0v) is 14.3. The topological polar surface area (TPSA) is 82.1 Å². The minimum Gasteiger partial charge on any atom is -0.461 e. The van der Waals surface area contributed by atoms with Crippen molar-refractivity contribution >= 4 is 17.9 Å². The Morgan fingerprint density at radius 1 is 0.833 bits per heavy atom. The minimum absolute atomic E-state index is 0.147. The first-order valence-corrected chi connectivity index (χ1v) is 7.44. The van der Waals surface area contributed by atoms with Gasteiger partial charge in [-0.15, -0.1) is 0 Å². The first kappa shape index (κ1) is 21.6. The van der Waals surface area contributed by atoms with Crippen molar-refractivity contribution < 1.29 is 28.6 Å². The Labute approximate surface area is 142 Å². The Kier molecular flexibility index (Phi) is 10.9. The van der Waals surface area contributed by atoms with Crippen LogP contribution in [0.1, 0.15) is 13.8 Å². The van der Waals surface area contributed by atoms with Gasteiger partial charge in [0.1, 0.15) is 19.8 Å². The minimum atomic E-state index is -0.516. The number of ether oxygens (including phenoxy) is 3. The number of carbonyl (C=O) groups excluding carboxylic acids is 3. The Balaban J connectivity index is 4.31. The van der Waals surface area contributed by atoms with Gasteiger partial charge >= 0.3 is 17.9 Å². The summed E-state index contributed by atoms with van der Waals surface area (Å²) in [7, 11) is 0. The highest BCUT2D eigenvalue weighted by Crippen LogP contribution is 1.97. The summed E-state index contributed by atoms with van der Waals surface area (Å²) in [6.45, 7) is 15.1. The van der Waals surface area contributed by atoms with Crippen LogP contribution in [-0.4, -0.2) is 62.3 Å². The zero-order valence-electron chi connectivity index (χ0n) is 14.3. The molecule has 24 heavy (non-hydrogen) atoms. The predicted octanol–water partition coefficient (Wildman–Crippen LogP) is 1.26. The molecule has 7 nitrogen and oxygen atoms in total. The third kappa shape index (κ3) is 10.3. The molecule has 7 heteroatoms. The molecule has 0 aliphatic rings. The first-order valence-electron chi connectivity index (χ1n) is 7.44. The fourth-order valence-electron chi connectivity index (χ4n) is 1.45. The van der Waals surface area contributed by atoms with Crippen molar-refractivity contribution in [3.63, 3.8) is 0 Å². The van der Waals surface area contributed by atoms with Crippen molar-refractivity contribution in [2.24, 2.45) is 0 Å². The highest BCUT2D eigenvalue weighted by atomic mass is 16.5. The van der Waals surface area contributed by atoms with Crippen molar-refractivity contribution in [1.29, 1.82) is 0 Å². The molecule has 134 valence electrons. The van der Waals surface area contributed by atoms with Gasteiger partial charge in [0.25, 0.3) is 0 Å². The zero-order chi connectivity index (χ0) is 18.5. The van der Waals surface area contributed by atoms with Crippen molar-refractivity contribution in [2.45, 2.75) is 13.8 Å². The second-order valence-corrected chi connectivity index (χ2v) is 5.05. The summed E-state index contributed by atoms with van der Waals surface area (Å²) < 4.78 is 15.0. The highest BCUT2D eigenvalue weighted by molar-refractivity contribution is 5.87. The Morgan fingerprint density at radius 3 is 1.54 bits per heavy atom. The summed E-state index contributed by atoms with van der Waals surface area (Å²) in [6, 6.07) is 0. The Bertz CT molecular complexity index is 465. The van der Waals surface area contributed by atoms with Gasteiger partial charge in [0.05, 0.1) is 0 Å². The molecule has 0 spiro atoms. The van der Waals surface area contributed by atoms with Crippen LogP contribution in [0.4, 0.5) is 0 Å². The largest absolute Gasteiger partial charge is 0.461 e. The summed E-state index contributed by atoms with van der Waals surface area (Å²) in [4.78, 5) is 35.6. The molecule has 0 radical (unpaired) electrons. The van der Waals surface area contributed by atoms with Gasteiger partial charge in [0, 0.05) is 36.9 Å². The molecule has 0 unspecified atom stereocenters. The molecule has 0 aliphatic carbocycles. The second kappa shape index (κ2) is 12.1. The molecule has 0 aliphatic heterocycles. The average Bonchev–Trinajstić information content (AvgIpc) is 2.53. The van der Waals surface area contributed by atoms with Gasteiger partial charge in [0.2, 0.25) is 0 Å². The van der Waals surface area contributed by atoms with E-state index in [-0.39, 0.29) is 19.8 Å².